The van der Waals surface area contributed by atoms with Crippen molar-refractivity contribution >= 4 is 0 Å². The third-order valence-corrected chi connectivity index (χ3v) is 4.35. The largest absolute Gasteiger partial charge is 0.394 e. The first-order chi connectivity index (χ1) is 9.11. The molecule has 2 fully saturated rings. The second kappa shape index (κ2) is 6.53. The molecule has 1 atom stereocenters. The summed E-state index contributed by atoms with van der Waals surface area (Å²) in [5.74, 6) is 0.642. The molecule has 2 rings (SSSR count). The zero-order chi connectivity index (χ0) is 13.9. The first kappa shape index (κ1) is 15.2. The van der Waals surface area contributed by atoms with Crippen LogP contribution in [-0.4, -0.2) is 61.0 Å². The molecule has 0 aromatic heterocycles. The number of rotatable bonds is 10. The standard InChI is InChI=1S/C15H30N2O2/c1-12(2)16-15(11-18,13-4-5-13)10-17(8-9-19-3)14-6-7-14/h12-14,16,18H,4-11H2,1-3H3. The van der Waals surface area contributed by atoms with Gasteiger partial charge in [-0.2, -0.15) is 0 Å². The average Bonchev–Trinajstić information content (AvgIpc) is 3.23. The lowest BCUT2D eigenvalue weighted by Gasteiger charge is -2.40. The zero-order valence-electron chi connectivity index (χ0n) is 12.7. The van der Waals surface area contributed by atoms with Crippen molar-refractivity contribution in [3.05, 3.63) is 0 Å². The molecular formula is C15H30N2O2. The van der Waals surface area contributed by atoms with Crippen LogP contribution in [0.2, 0.25) is 0 Å². The molecule has 1 unspecified atom stereocenters. The van der Waals surface area contributed by atoms with E-state index in [-0.39, 0.29) is 12.1 Å². The minimum atomic E-state index is -0.107. The Hall–Kier alpha value is -0.160. The van der Waals surface area contributed by atoms with Crippen LogP contribution in [0.1, 0.15) is 39.5 Å². The molecule has 0 bridgehead atoms. The Morgan fingerprint density at radius 1 is 1.32 bits per heavy atom. The molecule has 2 N–H and O–H groups in total. The van der Waals surface area contributed by atoms with E-state index in [4.69, 9.17) is 4.74 Å². The van der Waals surface area contributed by atoms with E-state index < -0.39 is 0 Å². The average molecular weight is 270 g/mol. The van der Waals surface area contributed by atoms with Gasteiger partial charge in [0.2, 0.25) is 0 Å². The van der Waals surface area contributed by atoms with Crippen molar-refractivity contribution < 1.29 is 9.84 Å². The second-order valence-electron chi connectivity index (χ2n) is 6.58. The third-order valence-electron chi connectivity index (χ3n) is 4.35. The van der Waals surface area contributed by atoms with Crippen molar-refractivity contribution in [3.8, 4) is 0 Å². The molecule has 0 aromatic rings. The Labute approximate surface area is 117 Å². The molecule has 0 amide bonds. The van der Waals surface area contributed by atoms with Crippen molar-refractivity contribution in [2.45, 2.75) is 57.2 Å². The summed E-state index contributed by atoms with van der Waals surface area (Å²) in [5, 5.41) is 13.7. The maximum absolute atomic E-state index is 9.99. The number of nitrogens with one attached hydrogen (secondary N) is 1. The van der Waals surface area contributed by atoms with E-state index in [1.807, 2.05) is 0 Å². The molecular weight excluding hydrogens is 240 g/mol. The molecule has 0 spiro atoms. The monoisotopic (exact) mass is 270 g/mol. The summed E-state index contributed by atoms with van der Waals surface area (Å²) in [5.41, 5.74) is -0.107. The number of ether oxygens (including phenoxy) is 1. The molecule has 4 heteroatoms. The summed E-state index contributed by atoms with van der Waals surface area (Å²) < 4.78 is 5.23. The molecule has 19 heavy (non-hydrogen) atoms. The number of hydrogen-bond acceptors (Lipinski definition) is 4. The molecule has 4 nitrogen and oxygen atoms in total. The van der Waals surface area contributed by atoms with Crippen molar-refractivity contribution in [2.24, 2.45) is 5.92 Å². The van der Waals surface area contributed by atoms with Gasteiger partial charge in [-0.3, -0.25) is 4.90 Å². The van der Waals surface area contributed by atoms with Gasteiger partial charge in [0, 0.05) is 32.3 Å². The van der Waals surface area contributed by atoms with E-state index in [0.29, 0.717) is 18.0 Å². The summed E-state index contributed by atoms with van der Waals surface area (Å²) in [6.45, 7) is 7.30. The van der Waals surface area contributed by atoms with Crippen molar-refractivity contribution in [1.82, 2.24) is 10.2 Å². The molecule has 0 saturated heterocycles. The molecule has 2 saturated carbocycles. The molecule has 2 aliphatic rings. The number of aliphatic hydroxyl groups excluding tert-OH is 1. The lowest BCUT2D eigenvalue weighted by molar-refractivity contribution is 0.0649. The predicted octanol–water partition coefficient (Wildman–Crippen LogP) is 1.24. The maximum Gasteiger partial charge on any atom is 0.0628 e. The van der Waals surface area contributed by atoms with Crippen molar-refractivity contribution in [1.29, 1.82) is 0 Å². The van der Waals surface area contributed by atoms with E-state index >= 15 is 0 Å². The molecule has 0 aliphatic heterocycles. The lowest BCUT2D eigenvalue weighted by Crippen LogP contribution is -2.60. The Morgan fingerprint density at radius 2 is 2.00 bits per heavy atom. The maximum atomic E-state index is 9.99. The fourth-order valence-electron chi connectivity index (χ4n) is 3.13. The predicted molar refractivity (Wildman–Crippen MR) is 77.3 cm³/mol. The van der Waals surface area contributed by atoms with Gasteiger partial charge >= 0.3 is 0 Å². The van der Waals surface area contributed by atoms with Gasteiger partial charge in [-0.15, -0.1) is 0 Å². The topological polar surface area (TPSA) is 44.7 Å². The minimum absolute atomic E-state index is 0.107. The number of nitrogens with zero attached hydrogens (tertiary/aromatic N) is 1. The Kier molecular flexibility index (Phi) is 5.23. The first-order valence-corrected chi connectivity index (χ1v) is 7.73. The van der Waals surface area contributed by atoms with Crippen LogP contribution in [0.4, 0.5) is 0 Å². The number of aliphatic hydroxyl groups is 1. The zero-order valence-corrected chi connectivity index (χ0v) is 12.7. The highest BCUT2D eigenvalue weighted by Crippen LogP contribution is 2.41. The van der Waals surface area contributed by atoms with E-state index in [2.05, 4.69) is 24.1 Å². The highest BCUT2D eigenvalue weighted by Gasteiger charge is 2.47. The SMILES string of the molecule is COCCN(CC(CO)(NC(C)C)C1CC1)C1CC1. The van der Waals surface area contributed by atoms with Crippen LogP contribution >= 0.6 is 0 Å². The molecule has 112 valence electrons. The van der Waals surface area contributed by atoms with Gasteiger partial charge in [-0.1, -0.05) is 13.8 Å². The highest BCUT2D eigenvalue weighted by molar-refractivity contribution is 5.05. The molecule has 0 radical (unpaired) electrons. The molecule has 2 aliphatic carbocycles. The quantitative estimate of drug-likeness (QED) is 0.627. The van der Waals surface area contributed by atoms with Crippen molar-refractivity contribution in [2.75, 3.05) is 33.4 Å². The van der Waals surface area contributed by atoms with Crippen LogP contribution in [-0.2, 0) is 4.74 Å². The van der Waals surface area contributed by atoms with E-state index in [1.54, 1.807) is 7.11 Å². The van der Waals surface area contributed by atoms with Gasteiger partial charge in [0.05, 0.1) is 18.8 Å². The van der Waals surface area contributed by atoms with Gasteiger partial charge in [0.25, 0.3) is 0 Å². The summed E-state index contributed by atoms with van der Waals surface area (Å²) in [4.78, 5) is 2.52. The lowest BCUT2D eigenvalue weighted by atomic mass is 9.92. The Morgan fingerprint density at radius 3 is 2.42 bits per heavy atom. The van der Waals surface area contributed by atoms with E-state index in [1.165, 1.54) is 25.7 Å². The summed E-state index contributed by atoms with van der Waals surface area (Å²) in [6.07, 6.45) is 5.11. The third kappa shape index (κ3) is 4.15. The van der Waals surface area contributed by atoms with Crippen LogP contribution in [0.25, 0.3) is 0 Å². The van der Waals surface area contributed by atoms with Gasteiger partial charge in [0.15, 0.2) is 0 Å². The highest BCUT2D eigenvalue weighted by atomic mass is 16.5. The smallest absolute Gasteiger partial charge is 0.0628 e. The van der Waals surface area contributed by atoms with Gasteiger partial charge in [-0.25, -0.2) is 0 Å². The first-order valence-electron chi connectivity index (χ1n) is 7.73. The number of methoxy groups -OCH3 is 1. The Balaban J connectivity index is 1.99. The van der Waals surface area contributed by atoms with Crippen molar-refractivity contribution in [3.63, 3.8) is 0 Å². The fourth-order valence-corrected chi connectivity index (χ4v) is 3.13. The van der Waals surface area contributed by atoms with Crippen LogP contribution in [0.5, 0.6) is 0 Å². The second-order valence-corrected chi connectivity index (χ2v) is 6.58. The summed E-state index contributed by atoms with van der Waals surface area (Å²) in [6, 6.07) is 1.13. The van der Waals surface area contributed by atoms with Crippen LogP contribution in [0.3, 0.4) is 0 Å². The Bertz CT molecular complexity index is 277. The van der Waals surface area contributed by atoms with E-state index in [9.17, 15) is 5.11 Å². The van der Waals surface area contributed by atoms with Gasteiger partial charge in [-0.05, 0) is 31.6 Å². The van der Waals surface area contributed by atoms with Crippen LogP contribution in [0, 0.1) is 5.92 Å². The fraction of sp³-hybridized carbons (Fsp3) is 1.00. The number of hydrogen-bond donors (Lipinski definition) is 2. The summed E-state index contributed by atoms with van der Waals surface area (Å²) in [7, 11) is 1.76. The van der Waals surface area contributed by atoms with Crippen LogP contribution < -0.4 is 5.32 Å². The minimum Gasteiger partial charge on any atom is -0.394 e. The van der Waals surface area contributed by atoms with Crippen LogP contribution in [0.15, 0.2) is 0 Å². The normalized spacial score (nSPS) is 23.1. The van der Waals surface area contributed by atoms with Gasteiger partial charge in [0.1, 0.15) is 0 Å². The van der Waals surface area contributed by atoms with Gasteiger partial charge < -0.3 is 15.2 Å². The summed E-state index contributed by atoms with van der Waals surface area (Å²) >= 11 is 0. The molecule has 0 heterocycles. The van der Waals surface area contributed by atoms with E-state index in [0.717, 1.165) is 19.7 Å². The molecule has 0 aromatic carbocycles.